The summed E-state index contributed by atoms with van der Waals surface area (Å²) in [6, 6.07) is 15.0. The number of hydrogen-bond donors (Lipinski definition) is 1. The first-order chi connectivity index (χ1) is 14.3. The zero-order valence-corrected chi connectivity index (χ0v) is 18.4. The molecular weight excluding hydrogens is 418 g/mol. The third kappa shape index (κ3) is 4.35. The molecule has 0 aliphatic heterocycles. The van der Waals surface area contributed by atoms with Gasteiger partial charge in [-0.05, 0) is 62.2 Å². The summed E-state index contributed by atoms with van der Waals surface area (Å²) in [5.74, 6) is 0. The van der Waals surface area contributed by atoms with E-state index in [9.17, 15) is 9.35 Å². The van der Waals surface area contributed by atoms with Crippen LogP contribution in [-0.4, -0.2) is 25.2 Å². The van der Waals surface area contributed by atoms with Crippen molar-refractivity contribution in [1.82, 2.24) is 8.96 Å². The highest BCUT2D eigenvalue weighted by Crippen LogP contribution is 2.34. The van der Waals surface area contributed by atoms with Crippen LogP contribution in [0.1, 0.15) is 20.8 Å². The molecule has 8 heteroatoms. The zero-order chi connectivity index (χ0) is 21.3. The number of rotatable bonds is 4. The largest absolute Gasteiger partial charge is 0.587 e. The molecule has 0 aliphatic rings. The lowest BCUT2D eigenvalue weighted by Gasteiger charge is -2.19. The van der Waals surface area contributed by atoms with Crippen LogP contribution in [0.25, 0.3) is 22.2 Å². The Labute approximate surface area is 181 Å². The SMILES string of the molecule is CC(C)(C)OC(=O)Nc1cc(-c2ccnc3c2ccn3[S+]([O-])c2ccccc2)cs1. The zero-order valence-electron chi connectivity index (χ0n) is 16.8. The minimum atomic E-state index is -1.38. The van der Waals surface area contributed by atoms with Gasteiger partial charge in [-0.1, -0.05) is 18.2 Å². The van der Waals surface area contributed by atoms with E-state index in [2.05, 4.69) is 10.3 Å². The predicted molar refractivity (Wildman–Crippen MR) is 121 cm³/mol. The highest BCUT2D eigenvalue weighted by molar-refractivity contribution is 7.90. The number of hydrogen-bond acceptors (Lipinski definition) is 5. The molecule has 0 radical (unpaired) electrons. The van der Waals surface area contributed by atoms with Gasteiger partial charge in [-0.2, -0.15) is 0 Å². The third-order valence-corrected chi connectivity index (χ3v) is 6.39. The second-order valence-corrected chi connectivity index (χ2v) is 9.90. The quantitative estimate of drug-likeness (QED) is 0.415. The van der Waals surface area contributed by atoms with Crippen LogP contribution in [0.3, 0.4) is 0 Å². The lowest BCUT2D eigenvalue weighted by Crippen LogP contribution is -2.26. The van der Waals surface area contributed by atoms with Crippen molar-refractivity contribution in [2.24, 2.45) is 0 Å². The second kappa shape index (κ2) is 8.14. The average molecular weight is 440 g/mol. The molecule has 3 heterocycles. The van der Waals surface area contributed by atoms with E-state index in [1.807, 2.05) is 74.7 Å². The Morgan fingerprint density at radius 1 is 1.20 bits per heavy atom. The van der Waals surface area contributed by atoms with Gasteiger partial charge in [0.05, 0.1) is 11.2 Å². The summed E-state index contributed by atoms with van der Waals surface area (Å²) in [6.07, 6.45) is 3.01. The van der Waals surface area contributed by atoms with Crippen molar-refractivity contribution in [1.29, 1.82) is 0 Å². The number of amides is 1. The minimum Gasteiger partial charge on any atom is -0.587 e. The number of aromatic nitrogens is 2. The van der Waals surface area contributed by atoms with Crippen molar-refractivity contribution >= 4 is 44.8 Å². The van der Waals surface area contributed by atoms with E-state index in [-0.39, 0.29) is 0 Å². The third-order valence-electron chi connectivity index (χ3n) is 4.21. The molecule has 4 aromatic rings. The Morgan fingerprint density at radius 2 is 1.97 bits per heavy atom. The highest BCUT2D eigenvalue weighted by Gasteiger charge is 2.20. The molecule has 0 saturated carbocycles. The summed E-state index contributed by atoms with van der Waals surface area (Å²) < 4.78 is 20.0. The fourth-order valence-electron chi connectivity index (χ4n) is 3.00. The van der Waals surface area contributed by atoms with Gasteiger partial charge in [0.2, 0.25) is 0 Å². The van der Waals surface area contributed by atoms with E-state index in [1.165, 1.54) is 11.3 Å². The Morgan fingerprint density at radius 3 is 2.70 bits per heavy atom. The normalized spacial score (nSPS) is 12.7. The summed E-state index contributed by atoms with van der Waals surface area (Å²) >= 11 is 0.0340. The van der Waals surface area contributed by atoms with Gasteiger partial charge >= 0.3 is 6.09 Å². The number of nitrogens with zero attached hydrogens (tertiary/aromatic N) is 2. The molecule has 1 aromatic carbocycles. The predicted octanol–water partition coefficient (Wildman–Crippen LogP) is 5.68. The van der Waals surface area contributed by atoms with E-state index >= 15 is 0 Å². The Balaban J connectivity index is 1.63. The van der Waals surface area contributed by atoms with Crippen LogP contribution < -0.4 is 5.32 Å². The number of carbonyl (C=O) groups excluding carboxylic acids is 1. The highest BCUT2D eigenvalue weighted by atomic mass is 32.2. The van der Waals surface area contributed by atoms with Crippen LogP contribution in [0.5, 0.6) is 0 Å². The van der Waals surface area contributed by atoms with Gasteiger partial charge in [0.1, 0.15) is 17.0 Å². The van der Waals surface area contributed by atoms with E-state index in [0.29, 0.717) is 15.5 Å². The number of pyridine rings is 1. The van der Waals surface area contributed by atoms with Crippen molar-refractivity contribution in [3.63, 3.8) is 0 Å². The minimum absolute atomic E-state index is 0.486. The summed E-state index contributed by atoms with van der Waals surface area (Å²) in [5.41, 5.74) is 1.99. The van der Waals surface area contributed by atoms with Gasteiger partial charge in [-0.3, -0.25) is 5.32 Å². The van der Waals surface area contributed by atoms with Gasteiger partial charge in [-0.25, -0.2) is 9.78 Å². The van der Waals surface area contributed by atoms with Gasteiger partial charge in [0, 0.05) is 17.0 Å². The molecular formula is C22H21N3O3S2. The van der Waals surface area contributed by atoms with Crippen molar-refractivity contribution in [2.75, 3.05) is 5.32 Å². The van der Waals surface area contributed by atoms with Crippen LogP contribution in [0, 0.1) is 0 Å². The fraction of sp³-hybridized carbons (Fsp3) is 0.182. The summed E-state index contributed by atoms with van der Waals surface area (Å²) in [6.45, 7) is 5.47. The van der Waals surface area contributed by atoms with E-state index in [1.54, 1.807) is 16.4 Å². The first-order valence-corrected chi connectivity index (χ1v) is 11.3. The van der Waals surface area contributed by atoms with Gasteiger partial charge in [-0.15, -0.1) is 15.3 Å². The standard InChI is InChI=1S/C22H21N3O3S2/c1-22(2,3)28-21(26)24-19-13-15(14-29-19)17-9-11-23-20-18(17)10-12-25(20)30(27)16-7-5-4-6-8-16/h4-14H,1-3H3,(H,24,26). The second-order valence-electron chi connectivity index (χ2n) is 7.63. The first-order valence-electron chi connectivity index (χ1n) is 9.34. The average Bonchev–Trinajstić information content (AvgIpc) is 3.33. The molecule has 3 aromatic heterocycles. The number of ether oxygens (including phenoxy) is 1. The number of thiophene rings is 1. The number of benzene rings is 1. The summed E-state index contributed by atoms with van der Waals surface area (Å²) in [7, 11) is 0. The van der Waals surface area contributed by atoms with Crippen LogP contribution in [0.15, 0.2) is 71.2 Å². The first kappa shape index (κ1) is 20.5. The topological polar surface area (TPSA) is 79.2 Å². The molecule has 1 unspecified atom stereocenters. The van der Waals surface area contributed by atoms with E-state index in [0.717, 1.165) is 16.5 Å². The monoisotopic (exact) mass is 439 g/mol. The molecule has 1 amide bonds. The molecule has 30 heavy (non-hydrogen) atoms. The summed E-state index contributed by atoms with van der Waals surface area (Å²) in [5, 5.41) is 6.32. The maximum Gasteiger partial charge on any atom is 0.412 e. The fourth-order valence-corrected chi connectivity index (χ4v) is 4.88. The Bertz CT molecular complexity index is 1180. The van der Waals surface area contributed by atoms with Crippen molar-refractivity contribution in [2.45, 2.75) is 31.3 Å². The van der Waals surface area contributed by atoms with Gasteiger partial charge < -0.3 is 9.29 Å². The number of carbonyl (C=O) groups is 1. The molecule has 4 rings (SSSR count). The Hall–Kier alpha value is -2.81. The molecule has 1 atom stereocenters. The van der Waals surface area contributed by atoms with E-state index in [4.69, 9.17) is 4.74 Å². The molecule has 0 spiro atoms. The molecule has 1 N–H and O–H groups in total. The van der Waals surface area contributed by atoms with Crippen molar-refractivity contribution < 1.29 is 14.1 Å². The van der Waals surface area contributed by atoms with Crippen LogP contribution >= 0.6 is 11.3 Å². The molecule has 154 valence electrons. The number of fused-ring (bicyclic) bond motifs is 1. The lowest BCUT2D eigenvalue weighted by atomic mass is 10.1. The molecule has 0 bridgehead atoms. The Kier molecular flexibility index (Phi) is 5.55. The van der Waals surface area contributed by atoms with Gasteiger partial charge in [0.15, 0.2) is 10.5 Å². The molecule has 6 nitrogen and oxygen atoms in total. The van der Waals surface area contributed by atoms with Crippen LogP contribution in [0.2, 0.25) is 0 Å². The maximum atomic E-state index is 13.0. The van der Waals surface area contributed by atoms with Crippen molar-refractivity contribution in [3.8, 4) is 11.1 Å². The van der Waals surface area contributed by atoms with Crippen LogP contribution in [-0.2, 0) is 16.1 Å². The van der Waals surface area contributed by atoms with Gasteiger partial charge in [0.25, 0.3) is 0 Å². The van der Waals surface area contributed by atoms with Crippen molar-refractivity contribution in [3.05, 3.63) is 66.3 Å². The molecule has 0 aliphatic carbocycles. The summed E-state index contributed by atoms with van der Waals surface area (Å²) in [4.78, 5) is 17.2. The number of nitrogens with one attached hydrogen (secondary N) is 1. The van der Waals surface area contributed by atoms with Crippen LogP contribution in [0.4, 0.5) is 9.80 Å². The lowest BCUT2D eigenvalue weighted by molar-refractivity contribution is 0.0636. The number of anilines is 1. The molecule has 0 saturated heterocycles. The van der Waals surface area contributed by atoms with E-state index < -0.39 is 23.1 Å². The molecule has 0 fully saturated rings. The smallest absolute Gasteiger partial charge is 0.412 e. The maximum absolute atomic E-state index is 13.0.